The van der Waals surface area contributed by atoms with E-state index in [9.17, 15) is 4.79 Å². The lowest BCUT2D eigenvalue weighted by atomic mass is 10.1. The molecule has 6 nitrogen and oxygen atoms in total. The van der Waals surface area contributed by atoms with Crippen LogP contribution in [0.1, 0.15) is 18.4 Å². The zero-order valence-corrected chi connectivity index (χ0v) is 12.0. The van der Waals surface area contributed by atoms with Gasteiger partial charge >= 0.3 is 0 Å². The summed E-state index contributed by atoms with van der Waals surface area (Å²) in [5.74, 6) is 0.204. The van der Waals surface area contributed by atoms with Crippen molar-refractivity contribution >= 4 is 11.6 Å². The lowest BCUT2D eigenvalue weighted by Crippen LogP contribution is -2.37. The minimum atomic E-state index is 0.204. The van der Waals surface area contributed by atoms with E-state index in [2.05, 4.69) is 10.00 Å². The average molecular weight is 286 g/mol. The summed E-state index contributed by atoms with van der Waals surface area (Å²) in [7, 11) is 1.88. The summed E-state index contributed by atoms with van der Waals surface area (Å²) < 4.78 is 6.88. The Morgan fingerprint density at radius 3 is 3.05 bits per heavy atom. The van der Waals surface area contributed by atoms with Gasteiger partial charge in [0.05, 0.1) is 30.5 Å². The number of aryl methyl sites for hydroxylation is 1. The van der Waals surface area contributed by atoms with E-state index in [1.165, 1.54) is 5.56 Å². The predicted octanol–water partition coefficient (Wildman–Crippen LogP) is 1.39. The van der Waals surface area contributed by atoms with E-state index in [0.29, 0.717) is 12.5 Å². The van der Waals surface area contributed by atoms with Crippen LogP contribution in [-0.4, -0.2) is 39.2 Å². The molecule has 0 saturated carbocycles. The maximum Gasteiger partial charge on any atom is 0.229 e. The number of fused-ring (bicyclic) bond motifs is 1. The first-order valence-electron chi connectivity index (χ1n) is 7.28. The van der Waals surface area contributed by atoms with Crippen LogP contribution in [0.4, 0.5) is 5.69 Å². The Kier molecular flexibility index (Phi) is 2.85. The Morgan fingerprint density at radius 2 is 2.33 bits per heavy atom. The second-order valence-electron chi connectivity index (χ2n) is 5.87. The molecule has 6 heteroatoms. The number of aromatic nitrogens is 2. The van der Waals surface area contributed by atoms with Crippen LogP contribution >= 0.6 is 0 Å². The van der Waals surface area contributed by atoms with Gasteiger partial charge in [0.2, 0.25) is 5.91 Å². The average Bonchev–Trinajstić information content (AvgIpc) is 3.18. The zero-order chi connectivity index (χ0) is 14.4. The van der Waals surface area contributed by atoms with E-state index in [0.717, 1.165) is 25.2 Å². The Labute approximate surface area is 122 Å². The number of hydrogen-bond donors (Lipinski definition) is 0. The van der Waals surface area contributed by atoms with Crippen molar-refractivity contribution in [3.05, 3.63) is 36.5 Å². The molecule has 2 aliphatic heterocycles. The van der Waals surface area contributed by atoms with Gasteiger partial charge in [0.1, 0.15) is 0 Å². The number of hydrogen-bond acceptors (Lipinski definition) is 4. The third-order valence-electron chi connectivity index (χ3n) is 4.54. The molecule has 21 heavy (non-hydrogen) atoms. The number of nitrogens with zero attached hydrogens (tertiary/aromatic N) is 4. The second kappa shape index (κ2) is 4.73. The van der Waals surface area contributed by atoms with Gasteiger partial charge in [-0.3, -0.25) is 14.4 Å². The van der Waals surface area contributed by atoms with Crippen molar-refractivity contribution in [1.82, 2.24) is 14.7 Å². The summed E-state index contributed by atoms with van der Waals surface area (Å²) in [5, 5.41) is 4.19. The van der Waals surface area contributed by atoms with E-state index in [4.69, 9.17) is 4.42 Å². The summed E-state index contributed by atoms with van der Waals surface area (Å²) in [5.41, 5.74) is 2.09. The van der Waals surface area contributed by atoms with Crippen molar-refractivity contribution in [2.75, 3.05) is 11.4 Å². The first-order chi connectivity index (χ1) is 10.2. The van der Waals surface area contributed by atoms with Gasteiger partial charge in [-0.05, 0) is 12.5 Å². The van der Waals surface area contributed by atoms with Gasteiger partial charge in [-0.25, -0.2) is 0 Å². The number of anilines is 1. The number of carbonyl (C=O) groups excluding carboxylic acids is 1. The quantitative estimate of drug-likeness (QED) is 0.855. The van der Waals surface area contributed by atoms with Gasteiger partial charge in [0.25, 0.3) is 0 Å². The highest BCUT2D eigenvalue weighted by atomic mass is 16.3. The van der Waals surface area contributed by atoms with Gasteiger partial charge < -0.3 is 9.32 Å². The summed E-state index contributed by atoms with van der Waals surface area (Å²) in [6.45, 7) is 1.87. The Morgan fingerprint density at radius 1 is 1.43 bits per heavy atom. The van der Waals surface area contributed by atoms with E-state index in [1.807, 2.05) is 24.2 Å². The summed E-state index contributed by atoms with van der Waals surface area (Å²) in [4.78, 5) is 16.7. The first kappa shape index (κ1) is 12.6. The highest BCUT2D eigenvalue weighted by Crippen LogP contribution is 2.36. The molecule has 2 fully saturated rings. The van der Waals surface area contributed by atoms with Gasteiger partial charge in [0.15, 0.2) is 0 Å². The molecule has 2 aromatic rings. The molecule has 0 aliphatic carbocycles. The third-order valence-corrected chi connectivity index (χ3v) is 4.54. The molecule has 1 amide bonds. The largest absolute Gasteiger partial charge is 0.472 e. The highest BCUT2D eigenvalue weighted by Gasteiger charge is 2.47. The molecule has 0 N–H and O–H groups in total. The van der Waals surface area contributed by atoms with Crippen LogP contribution in [0.2, 0.25) is 0 Å². The second-order valence-corrected chi connectivity index (χ2v) is 5.87. The number of furan rings is 1. The molecule has 0 aromatic carbocycles. The topological polar surface area (TPSA) is 54.5 Å². The van der Waals surface area contributed by atoms with E-state index < -0.39 is 0 Å². The van der Waals surface area contributed by atoms with Crippen LogP contribution in [0.25, 0.3) is 0 Å². The molecule has 2 saturated heterocycles. The third kappa shape index (κ3) is 2.06. The normalized spacial score (nSPS) is 25.8. The van der Waals surface area contributed by atoms with Gasteiger partial charge in [-0.2, -0.15) is 5.10 Å². The molecule has 0 unspecified atom stereocenters. The highest BCUT2D eigenvalue weighted by molar-refractivity contribution is 5.97. The maximum atomic E-state index is 12.4. The lowest BCUT2D eigenvalue weighted by Gasteiger charge is -2.24. The summed E-state index contributed by atoms with van der Waals surface area (Å²) >= 11 is 0. The predicted molar refractivity (Wildman–Crippen MR) is 76.6 cm³/mol. The molecule has 2 aliphatic rings. The van der Waals surface area contributed by atoms with Gasteiger partial charge in [0, 0.05) is 44.4 Å². The molecule has 4 rings (SSSR count). The molecule has 0 radical (unpaired) electrons. The molecule has 110 valence electrons. The summed E-state index contributed by atoms with van der Waals surface area (Å²) in [6, 6.07) is 2.56. The van der Waals surface area contributed by atoms with Crippen LogP contribution in [0.5, 0.6) is 0 Å². The van der Waals surface area contributed by atoms with Gasteiger partial charge in [-0.1, -0.05) is 0 Å². The standard InChI is InChI=1S/C15H18N4O2/c1-17-9-12(7-16-17)19-13-2-4-18(14(13)6-15(19)20)8-11-3-5-21-10-11/h3,5,7,9-10,13-14H,2,4,6,8H2,1H3/t13-,14+/m1/s1. The number of rotatable bonds is 3. The Balaban J connectivity index is 1.55. The van der Waals surface area contributed by atoms with Crippen LogP contribution < -0.4 is 4.90 Å². The fourth-order valence-electron chi connectivity index (χ4n) is 3.61. The Hall–Kier alpha value is -2.08. The van der Waals surface area contributed by atoms with Crippen LogP contribution in [0, 0.1) is 0 Å². The van der Waals surface area contributed by atoms with Crippen molar-refractivity contribution in [3.8, 4) is 0 Å². The minimum absolute atomic E-state index is 0.204. The van der Waals surface area contributed by atoms with E-state index >= 15 is 0 Å². The van der Waals surface area contributed by atoms with Crippen molar-refractivity contribution < 1.29 is 9.21 Å². The van der Waals surface area contributed by atoms with Crippen molar-refractivity contribution in [2.24, 2.45) is 7.05 Å². The fraction of sp³-hybridized carbons (Fsp3) is 0.467. The summed E-state index contributed by atoms with van der Waals surface area (Å²) in [6.07, 6.45) is 8.78. The van der Waals surface area contributed by atoms with Crippen LogP contribution in [0.15, 0.2) is 35.4 Å². The smallest absolute Gasteiger partial charge is 0.229 e. The molecule has 0 spiro atoms. The van der Waals surface area contributed by atoms with Crippen molar-refractivity contribution in [1.29, 1.82) is 0 Å². The van der Waals surface area contributed by atoms with Crippen molar-refractivity contribution in [3.63, 3.8) is 0 Å². The fourth-order valence-corrected chi connectivity index (χ4v) is 3.61. The molecular weight excluding hydrogens is 268 g/mol. The molecule has 2 atom stereocenters. The molecular formula is C15H18N4O2. The van der Waals surface area contributed by atoms with E-state index in [1.54, 1.807) is 23.4 Å². The number of amides is 1. The lowest BCUT2D eigenvalue weighted by molar-refractivity contribution is -0.117. The SMILES string of the molecule is Cn1cc(N2C(=O)C[C@H]3[C@H]2CCN3Cc2ccoc2)cn1. The van der Waals surface area contributed by atoms with Gasteiger partial charge in [-0.15, -0.1) is 0 Å². The van der Waals surface area contributed by atoms with Crippen molar-refractivity contribution in [2.45, 2.75) is 31.5 Å². The molecule has 4 heterocycles. The monoisotopic (exact) mass is 286 g/mol. The Bertz CT molecular complexity index is 648. The minimum Gasteiger partial charge on any atom is -0.472 e. The van der Waals surface area contributed by atoms with Crippen LogP contribution in [-0.2, 0) is 18.4 Å². The number of likely N-dealkylation sites (tertiary alicyclic amines) is 1. The van der Waals surface area contributed by atoms with E-state index in [-0.39, 0.29) is 11.9 Å². The number of carbonyl (C=O) groups is 1. The first-order valence-corrected chi connectivity index (χ1v) is 7.28. The molecule has 2 aromatic heterocycles. The van der Waals surface area contributed by atoms with Crippen LogP contribution in [0.3, 0.4) is 0 Å². The molecule has 0 bridgehead atoms. The zero-order valence-electron chi connectivity index (χ0n) is 12.0. The maximum absolute atomic E-state index is 12.4.